The maximum absolute atomic E-state index is 2.20. The van der Waals surface area contributed by atoms with Gasteiger partial charge in [0.15, 0.2) is 0 Å². The Balaban J connectivity index is 0.000000307. The Morgan fingerprint density at radius 2 is 0.952 bits per heavy atom. The Bertz CT molecular complexity index is 425. The van der Waals surface area contributed by atoms with Gasteiger partial charge in [-0.05, 0) is 0 Å². The molecule has 0 aliphatic carbocycles. The molecule has 1 heteroatoms. The zero-order chi connectivity index (χ0) is 15.0. The second-order valence-corrected chi connectivity index (χ2v) is 5.05. The van der Waals surface area contributed by atoms with Crippen molar-refractivity contribution >= 4 is 0 Å². The summed E-state index contributed by atoms with van der Waals surface area (Å²) in [4.78, 5) is 0. The Kier molecular flexibility index (Phi) is 9.87. The van der Waals surface area contributed by atoms with Gasteiger partial charge in [-0.25, -0.2) is 24.3 Å². The van der Waals surface area contributed by atoms with Crippen LogP contribution in [0.3, 0.4) is 0 Å². The number of hydrogen-bond donors (Lipinski definition) is 0. The van der Waals surface area contributed by atoms with Crippen molar-refractivity contribution in [2.24, 2.45) is 0 Å². The van der Waals surface area contributed by atoms with Crippen molar-refractivity contribution < 1.29 is 21.7 Å². The molecule has 0 saturated heterocycles. The van der Waals surface area contributed by atoms with Crippen LogP contribution in [0.15, 0.2) is 60.7 Å². The summed E-state index contributed by atoms with van der Waals surface area (Å²) in [7, 11) is 0. The van der Waals surface area contributed by atoms with Gasteiger partial charge in [-0.3, -0.25) is 0 Å². The van der Waals surface area contributed by atoms with Gasteiger partial charge in [0.1, 0.15) is 0 Å². The molecule has 3 aromatic rings. The van der Waals surface area contributed by atoms with E-state index in [1.54, 1.807) is 0 Å². The molecule has 0 amide bonds. The van der Waals surface area contributed by atoms with Crippen LogP contribution in [0.25, 0.3) is 0 Å². The second kappa shape index (κ2) is 10.5. The van der Waals surface area contributed by atoms with E-state index in [0.29, 0.717) is 0 Å². The molecular weight excluding hydrogens is 288 g/mol. The summed E-state index contributed by atoms with van der Waals surface area (Å²) < 4.78 is 0. The second-order valence-electron chi connectivity index (χ2n) is 5.05. The average Bonchev–Trinajstić information content (AvgIpc) is 3.22. The molecule has 0 bridgehead atoms. The first-order chi connectivity index (χ1) is 9.55. The normalized spacial score (nSPS) is 8.81. The van der Waals surface area contributed by atoms with E-state index in [-0.39, 0.29) is 21.7 Å². The Labute approximate surface area is 144 Å². The monoisotopic (exact) mass is 313 g/mol. The van der Waals surface area contributed by atoms with E-state index in [1.165, 1.54) is 27.8 Å². The van der Waals surface area contributed by atoms with Gasteiger partial charge in [-0.15, -0.1) is 0 Å². The first-order valence-corrected chi connectivity index (χ1v) is 7.08. The Morgan fingerprint density at radius 3 is 1.05 bits per heavy atom. The molecule has 0 unspecified atom stereocenters. The van der Waals surface area contributed by atoms with Gasteiger partial charge in [0.25, 0.3) is 0 Å². The predicted octanol–water partition coefficient (Wildman–Crippen LogP) is 5.76. The fraction of sp³-hybridized carbons (Fsp3) is 0.250. The summed E-state index contributed by atoms with van der Waals surface area (Å²) in [6.07, 6.45) is 0. The van der Waals surface area contributed by atoms with Crippen molar-refractivity contribution in [3.63, 3.8) is 0 Å². The molecule has 0 N–H and O–H groups in total. The van der Waals surface area contributed by atoms with Crippen LogP contribution >= 0.6 is 0 Å². The number of rotatable bonds is 0. The topological polar surface area (TPSA) is 0 Å². The molecule has 0 aromatic heterocycles. The molecule has 0 aliphatic rings. The fourth-order valence-electron chi connectivity index (χ4n) is 2.05. The largest absolute Gasteiger partial charge is 0.214 e. The zero-order valence-corrected chi connectivity index (χ0v) is 15.3. The third-order valence-electron chi connectivity index (χ3n) is 3.92. The Morgan fingerprint density at radius 1 is 0.667 bits per heavy atom. The van der Waals surface area contributed by atoms with Crippen LogP contribution in [0.1, 0.15) is 27.8 Å². The molecule has 21 heavy (non-hydrogen) atoms. The maximum Gasteiger partial charge on any atom is 0 e. The van der Waals surface area contributed by atoms with Crippen LogP contribution in [0.4, 0.5) is 0 Å². The molecule has 3 rings (SSSR count). The SMILES string of the molecule is Cc1c(C)c(C)[c-](C)c1C.[Ti].c1cc[cH-]c1.c1cc[cH-]c1. The van der Waals surface area contributed by atoms with Crippen LogP contribution in [0.5, 0.6) is 0 Å². The van der Waals surface area contributed by atoms with Crippen molar-refractivity contribution in [3.05, 3.63) is 88.5 Å². The summed E-state index contributed by atoms with van der Waals surface area (Å²) in [6.45, 7) is 11.0. The molecule has 3 aromatic carbocycles. The van der Waals surface area contributed by atoms with E-state index in [2.05, 4.69) is 34.6 Å². The molecule has 0 aliphatic heterocycles. The van der Waals surface area contributed by atoms with Gasteiger partial charge in [0.2, 0.25) is 0 Å². The van der Waals surface area contributed by atoms with Gasteiger partial charge in [0.05, 0.1) is 0 Å². The van der Waals surface area contributed by atoms with Gasteiger partial charge in [0, 0.05) is 21.7 Å². The smallest absolute Gasteiger partial charge is 0 e. The van der Waals surface area contributed by atoms with Gasteiger partial charge in [-0.2, -0.15) is 64.2 Å². The zero-order valence-electron chi connectivity index (χ0n) is 13.8. The van der Waals surface area contributed by atoms with Crippen LogP contribution in [0.2, 0.25) is 0 Å². The summed E-state index contributed by atoms with van der Waals surface area (Å²) in [5.41, 5.74) is 7.34. The first-order valence-electron chi connectivity index (χ1n) is 7.08. The molecular formula is C20H25Ti-3. The molecule has 0 nitrogen and oxygen atoms in total. The molecule has 0 heterocycles. The predicted molar refractivity (Wildman–Crippen MR) is 89.8 cm³/mol. The van der Waals surface area contributed by atoms with E-state index >= 15 is 0 Å². The third-order valence-corrected chi connectivity index (χ3v) is 3.92. The van der Waals surface area contributed by atoms with Gasteiger partial charge >= 0.3 is 0 Å². The minimum absolute atomic E-state index is 0. The minimum atomic E-state index is 0. The molecule has 112 valence electrons. The van der Waals surface area contributed by atoms with Crippen molar-refractivity contribution in [1.82, 2.24) is 0 Å². The summed E-state index contributed by atoms with van der Waals surface area (Å²) in [6, 6.07) is 20.0. The maximum atomic E-state index is 2.20. The van der Waals surface area contributed by atoms with E-state index in [1.807, 2.05) is 60.7 Å². The van der Waals surface area contributed by atoms with Crippen LogP contribution in [-0.4, -0.2) is 0 Å². The Hall–Kier alpha value is -1.24. The molecule has 0 saturated carbocycles. The molecule has 0 atom stereocenters. The van der Waals surface area contributed by atoms with Crippen LogP contribution in [-0.2, 0) is 21.7 Å². The van der Waals surface area contributed by atoms with Crippen molar-refractivity contribution in [2.45, 2.75) is 34.6 Å². The summed E-state index contributed by atoms with van der Waals surface area (Å²) in [5.74, 6) is 0. The number of hydrogen-bond acceptors (Lipinski definition) is 0. The average molecular weight is 313 g/mol. The van der Waals surface area contributed by atoms with Crippen molar-refractivity contribution in [3.8, 4) is 0 Å². The first kappa shape index (κ1) is 19.8. The fourth-order valence-corrected chi connectivity index (χ4v) is 2.05. The van der Waals surface area contributed by atoms with Crippen molar-refractivity contribution in [2.75, 3.05) is 0 Å². The standard InChI is InChI=1S/C10H15.2C5H5.Ti/c1-6-7(2)9(4)10(5)8(6)3;2*1-2-4-5-3-1;/h1-5H3;2*1-5H;/q3*-1;. The summed E-state index contributed by atoms with van der Waals surface area (Å²) >= 11 is 0. The molecule has 0 fully saturated rings. The van der Waals surface area contributed by atoms with E-state index < -0.39 is 0 Å². The third kappa shape index (κ3) is 6.37. The van der Waals surface area contributed by atoms with E-state index in [4.69, 9.17) is 0 Å². The molecule has 0 spiro atoms. The van der Waals surface area contributed by atoms with Gasteiger partial charge in [-0.1, -0.05) is 34.6 Å². The van der Waals surface area contributed by atoms with Crippen LogP contribution < -0.4 is 0 Å². The summed E-state index contributed by atoms with van der Waals surface area (Å²) in [5, 5.41) is 0. The van der Waals surface area contributed by atoms with E-state index in [9.17, 15) is 0 Å². The van der Waals surface area contributed by atoms with Crippen molar-refractivity contribution in [1.29, 1.82) is 0 Å². The molecule has 0 radical (unpaired) electrons. The van der Waals surface area contributed by atoms with E-state index in [0.717, 1.165) is 0 Å². The van der Waals surface area contributed by atoms with Gasteiger partial charge < -0.3 is 0 Å². The van der Waals surface area contributed by atoms with Crippen LogP contribution in [0, 0.1) is 34.6 Å². The minimum Gasteiger partial charge on any atom is -0.214 e. The quantitative estimate of drug-likeness (QED) is 0.366.